The summed E-state index contributed by atoms with van der Waals surface area (Å²) in [6.07, 6.45) is 21.4. The highest BCUT2D eigenvalue weighted by molar-refractivity contribution is 7.96. The van der Waals surface area contributed by atoms with E-state index < -0.39 is 94.2 Å². The van der Waals surface area contributed by atoms with E-state index in [0.717, 1.165) is 99.3 Å². The van der Waals surface area contributed by atoms with Gasteiger partial charge in [0.05, 0.1) is 33.2 Å². The summed E-state index contributed by atoms with van der Waals surface area (Å²) in [4.78, 5) is 56.3. The summed E-state index contributed by atoms with van der Waals surface area (Å²) in [7, 11) is -14.2. The zero-order valence-electron chi connectivity index (χ0n) is 59.5. The van der Waals surface area contributed by atoms with Crippen molar-refractivity contribution < 1.29 is 52.8 Å². The molecule has 528 valence electrons. The largest absolute Gasteiger partial charge is 0.294 e. The van der Waals surface area contributed by atoms with Crippen molar-refractivity contribution in [3.05, 3.63) is 93.1 Å². The number of rotatable bonds is 26. The Bertz CT molecular complexity index is 3810. The van der Waals surface area contributed by atoms with Gasteiger partial charge in [-0.15, -0.1) is 0 Å². The van der Waals surface area contributed by atoms with Gasteiger partial charge < -0.3 is 0 Å². The summed E-state index contributed by atoms with van der Waals surface area (Å²) < 4.78 is 114. The third kappa shape index (κ3) is 11.1. The van der Waals surface area contributed by atoms with E-state index in [0.29, 0.717) is 86.0 Å². The number of benzene rings is 2. The van der Waals surface area contributed by atoms with Gasteiger partial charge in [0.15, 0.2) is 33.9 Å². The molecular formula is C76H108N4O12S4. The Morgan fingerprint density at radius 2 is 0.729 bits per heavy atom. The van der Waals surface area contributed by atoms with E-state index in [2.05, 4.69) is 64.8 Å². The van der Waals surface area contributed by atoms with Crippen LogP contribution in [0.2, 0.25) is 0 Å². The van der Waals surface area contributed by atoms with E-state index in [1.807, 2.05) is 114 Å². The van der Waals surface area contributed by atoms with Crippen molar-refractivity contribution in [3.63, 3.8) is 0 Å². The molecule has 2 aromatic rings. The number of fused-ring (bicyclic) bond motifs is 8. The van der Waals surface area contributed by atoms with Crippen LogP contribution in [0.15, 0.2) is 70.8 Å². The Balaban J connectivity index is 0.000000201. The fourth-order valence-electron chi connectivity index (χ4n) is 20.9. The number of sulfonamides is 4. The smallest absolute Gasteiger partial charge is 0.233 e. The van der Waals surface area contributed by atoms with Crippen LogP contribution >= 0.6 is 0 Å². The lowest BCUT2D eigenvalue weighted by molar-refractivity contribution is -0.127. The molecule has 2 aliphatic heterocycles. The summed E-state index contributed by atoms with van der Waals surface area (Å²) in [6, 6.07) is 15.6. The van der Waals surface area contributed by atoms with Crippen LogP contribution in [0.1, 0.15) is 222 Å². The van der Waals surface area contributed by atoms with Gasteiger partial charge >= 0.3 is 0 Å². The summed E-state index contributed by atoms with van der Waals surface area (Å²) in [6.45, 7) is 30.1. The summed E-state index contributed by atoms with van der Waals surface area (Å²) >= 11 is 0. The number of nitrogens with one attached hydrogen (secondary N) is 2. The first-order valence-electron chi connectivity index (χ1n) is 36.1. The van der Waals surface area contributed by atoms with Crippen molar-refractivity contribution in [3.8, 4) is 0 Å². The number of allylic oxidation sites excluding steroid dienone is 4. The van der Waals surface area contributed by atoms with Gasteiger partial charge in [0, 0.05) is 48.5 Å². The van der Waals surface area contributed by atoms with Gasteiger partial charge in [-0.25, -0.2) is 43.1 Å². The second kappa shape index (κ2) is 25.4. The van der Waals surface area contributed by atoms with Crippen molar-refractivity contribution in [1.82, 2.24) is 18.1 Å². The Kier molecular flexibility index (Phi) is 19.3. The molecular weight excluding hydrogens is 1290 g/mol. The molecule has 20 heteroatoms. The molecule has 96 heavy (non-hydrogen) atoms. The van der Waals surface area contributed by atoms with Crippen LogP contribution in [-0.4, -0.2) is 114 Å². The van der Waals surface area contributed by atoms with Gasteiger partial charge in [-0.1, -0.05) is 184 Å². The average Bonchev–Trinajstić information content (AvgIpc) is 1.49. The van der Waals surface area contributed by atoms with E-state index in [9.17, 15) is 52.8 Å². The van der Waals surface area contributed by atoms with Gasteiger partial charge in [-0.05, 0) is 168 Å². The number of carbonyl (C=O) groups excluding carboxylic acids is 4. The second-order valence-corrected chi connectivity index (χ2v) is 40.2. The maximum Gasteiger partial charge on any atom is 0.233 e. The molecule has 12 rings (SSSR count). The molecule has 2 heterocycles. The first-order valence-corrected chi connectivity index (χ1v) is 42.4. The first-order chi connectivity index (χ1) is 44.9. The molecule has 2 aromatic carbocycles. The molecule has 2 saturated heterocycles. The number of unbranched alkanes of at least 4 members (excludes halogenated alkanes) is 2. The highest BCUT2D eigenvalue weighted by atomic mass is 32.2. The third-order valence-corrected chi connectivity index (χ3v) is 34.5. The molecule has 0 amide bonds. The lowest BCUT2D eigenvalue weighted by Gasteiger charge is -2.35. The lowest BCUT2D eigenvalue weighted by Crippen LogP contribution is -2.46. The van der Waals surface area contributed by atoms with Crippen molar-refractivity contribution in [2.45, 2.75) is 210 Å². The van der Waals surface area contributed by atoms with Gasteiger partial charge in [0.2, 0.25) is 40.1 Å². The number of Topliss-reactive ketones (excluding diaryl/α,β-unsaturated/α-hetero) is 4. The molecule has 0 aromatic heterocycles. The second-order valence-electron chi connectivity index (χ2n) is 32.7. The zero-order valence-corrected chi connectivity index (χ0v) is 62.8. The fourth-order valence-corrected chi connectivity index (χ4v) is 29.5. The van der Waals surface area contributed by atoms with Crippen LogP contribution in [-0.2, 0) is 59.3 Å². The van der Waals surface area contributed by atoms with Crippen molar-refractivity contribution in [2.75, 3.05) is 37.7 Å². The SMILES string of the molecule is CCCCC(CC)CNS(=O)(=O)CC12CCC(/C(=C\c3ccc(/C=C4/C(=O)C5(CS(=O)(=O)NCC(CC)CCCC)CCC4C5(C)C)cc3)C1=O)C2(C)C.CCN1C(C23CCC(/C(=C\c4ccc(/C=C5/C(=O)C6(C7N(CC)S7(=O)=O)CCC5C6(C)C)cc4)C2=O)C3(C)C)S1(=O)=O. The van der Waals surface area contributed by atoms with Crippen LogP contribution in [0.4, 0.5) is 0 Å². The zero-order chi connectivity index (χ0) is 70.2. The lowest BCUT2D eigenvalue weighted by atomic mass is 9.68. The Hall–Kier alpha value is -4.28. The van der Waals surface area contributed by atoms with Gasteiger partial charge in [0.1, 0.15) is 0 Å². The molecule has 8 bridgehead atoms. The number of hydrogen-bond acceptors (Lipinski definition) is 12. The molecule has 0 radical (unpaired) electrons. The Labute approximate surface area is 574 Å². The number of hydrogen-bond donors (Lipinski definition) is 2. The van der Waals surface area contributed by atoms with Crippen molar-refractivity contribution in [1.29, 1.82) is 0 Å². The number of nitrogens with zero attached hydrogens (tertiary/aromatic N) is 2. The van der Waals surface area contributed by atoms with Gasteiger partial charge in [-0.3, -0.25) is 19.2 Å². The van der Waals surface area contributed by atoms with E-state index in [4.69, 9.17) is 0 Å². The molecule has 2 N–H and O–H groups in total. The fraction of sp³-hybridized carbons (Fsp3) is 0.684. The van der Waals surface area contributed by atoms with Crippen LogP contribution in [0.3, 0.4) is 0 Å². The van der Waals surface area contributed by atoms with Crippen LogP contribution in [0.5, 0.6) is 0 Å². The van der Waals surface area contributed by atoms with Crippen molar-refractivity contribution >= 4 is 87.5 Å². The minimum absolute atomic E-state index is 0.00720. The summed E-state index contributed by atoms with van der Waals surface area (Å²) in [5, 5.41) is -1.46. The molecule has 8 saturated carbocycles. The predicted molar refractivity (Wildman–Crippen MR) is 381 cm³/mol. The standard InChI is InChI=1S/C44H68N2O6S2.C32H40N2O6S2/c1-9-13-15-31(11-3)27-45-53(49,50)29-43-23-21-37(41(43,5)6)35(39(43)47)25-33-17-19-34(20-18-33)26-36-38-22-24-44(40(36)48,42(38,7)8)30-54(51,52)46-28-32(12-4)16-14-10-2;1-7-33-27(41(33,37)38)31-15-13-23(29(31,3)4)21(25(31)35)17-19-9-11-20(12-10-19)18-22-24-14-16-32(26(22)36,30(24,5)6)28-34(8-2)42(28,39)40/h17-20,25-26,31-32,37-38,45-46H,9-16,21-24,27-30H2,1-8H3;9-12,17-18,23-24,27-28H,7-8,13-16H2,1-6H3/b35-25+,36-26+;21-17+,22-18+. The van der Waals surface area contributed by atoms with E-state index >= 15 is 0 Å². The highest BCUT2D eigenvalue weighted by Crippen LogP contribution is 2.74. The molecule has 0 spiro atoms. The Morgan fingerprint density at radius 1 is 0.448 bits per heavy atom. The molecule has 16 nitrogen and oxygen atoms in total. The first kappa shape index (κ1) is 73.0. The normalized spacial score (nSPS) is 36.4. The molecule has 10 aliphatic rings. The van der Waals surface area contributed by atoms with Crippen LogP contribution < -0.4 is 9.44 Å². The molecule has 14 atom stereocenters. The monoisotopic (exact) mass is 1400 g/mol. The number of carbonyl (C=O) groups is 4. The topological polar surface area (TPSA) is 235 Å². The maximum absolute atomic E-state index is 14.2. The minimum Gasteiger partial charge on any atom is -0.294 e. The molecule has 8 aliphatic carbocycles. The Morgan fingerprint density at radius 3 is 1.00 bits per heavy atom. The van der Waals surface area contributed by atoms with Crippen LogP contribution in [0.25, 0.3) is 24.3 Å². The minimum atomic E-state index is -3.67. The summed E-state index contributed by atoms with van der Waals surface area (Å²) in [5.41, 5.74) is 0.712. The quantitative estimate of drug-likeness (QED) is 0.0661. The van der Waals surface area contributed by atoms with E-state index in [1.165, 1.54) is 8.61 Å². The maximum atomic E-state index is 14.2. The van der Waals surface area contributed by atoms with E-state index in [1.54, 1.807) is 0 Å². The third-order valence-electron chi connectivity index (χ3n) is 27.3. The van der Waals surface area contributed by atoms with Gasteiger partial charge in [-0.2, -0.15) is 8.61 Å². The molecule has 10 fully saturated rings. The van der Waals surface area contributed by atoms with Crippen molar-refractivity contribution in [2.24, 2.45) is 78.8 Å². The average molecular weight is 1400 g/mol. The summed E-state index contributed by atoms with van der Waals surface area (Å²) in [5.74, 6) is 0.0427. The highest BCUT2D eigenvalue weighted by Gasteiger charge is 2.81. The van der Waals surface area contributed by atoms with Gasteiger partial charge in [0.25, 0.3) is 0 Å². The van der Waals surface area contributed by atoms with Crippen LogP contribution in [0, 0.1) is 78.8 Å². The van der Waals surface area contributed by atoms with E-state index in [-0.39, 0.29) is 58.3 Å². The molecule has 14 unspecified atom stereocenters. The number of ketones is 4. The predicted octanol–water partition coefficient (Wildman–Crippen LogP) is 13.2.